The number of rotatable bonds is 5. The van der Waals surface area contributed by atoms with Crippen LogP contribution in [-0.2, 0) is 14.8 Å². The van der Waals surface area contributed by atoms with E-state index < -0.39 is 10.0 Å². The van der Waals surface area contributed by atoms with Crippen molar-refractivity contribution in [2.24, 2.45) is 5.10 Å². The van der Waals surface area contributed by atoms with Crippen LogP contribution in [0.25, 0.3) is 0 Å². The summed E-state index contributed by atoms with van der Waals surface area (Å²) in [5.74, 6) is -0.218. The molecule has 0 atom stereocenters. The molecule has 0 aliphatic rings. The number of amides is 1. The van der Waals surface area contributed by atoms with Crippen LogP contribution in [0.15, 0.2) is 45.7 Å². The van der Waals surface area contributed by atoms with Crippen molar-refractivity contribution in [1.29, 1.82) is 0 Å². The second-order valence-electron chi connectivity index (χ2n) is 4.53. The number of carbonyl (C=O) groups excluding carboxylic acids is 1. The van der Waals surface area contributed by atoms with E-state index in [1.165, 1.54) is 48.7 Å². The zero-order valence-corrected chi connectivity index (χ0v) is 13.7. The molecule has 0 saturated heterocycles. The molecule has 0 unspecified atom stereocenters. The molecule has 1 aromatic carbocycles. The molecule has 2 N–H and O–H groups in total. The van der Waals surface area contributed by atoms with E-state index in [0.29, 0.717) is 5.69 Å². The molecule has 0 saturated carbocycles. The van der Waals surface area contributed by atoms with E-state index in [-0.39, 0.29) is 10.8 Å². The Bertz CT molecular complexity index is 793. The molecule has 0 fully saturated rings. The Morgan fingerprint density at radius 1 is 1.23 bits per heavy atom. The lowest BCUT2D eigenvalue weighted by atomic mass is 10.3. The summed E-state index contributed by atoms with van der Waals surface area (Å²) in [6.45, 7) is 3.31. The summed E-state index contributed by atoms with van der Waals surface area (Å²) in [5, 5.41) is 8.25. The first kappa shape index (κ1) is 16.2. The summed E-state index contributed by atoms with van der Waals surface area (Å²) in [4.78, 5) is 14.0. The van der Waals surface area contributed by atoms with E-state index in [4.69, 9.17) is 0 Å². The first-order valence-electron chi connectivity index (χ1n) is 6.35. The van der Waals surface area contributed by atoms with Crippen LogP contribution < -0.4 is 10.1 Å². The van der Waals surface area contributed by atoms with Gasteiger partial charge in [0, 0.05) is 12.6 Å². The highest BCUT2D eigenvalue weighted by atomic mass is 32.2. The Hall–Kier alpha value is -2.19. The van der Waals surface area contributed by atoms with Crippen molar-refractivity contribution < 1.29 is 13.2 Å². The fraction of sp³-hybridized carbons (Fsp3) is 0.143. The monoisotopic (exact) mass is 337 g/mol. The average Bonchev–Trinajstić information content (AvgIpc) is 2.84. The van der Waals surface area contributed by atoms with Crippen LogP contribution in [0.1, 0.15) is 17.4 Å². The van der Waals surface area contributed by atoms with Gasteiger partial charge in [0.2, 0.25) is 5.91 Å². The third-order valence-electron chi connectivity index (χ3n) is 2.74. The number of thiophene rings is 1. The summed E-state index contributed by atoms with van der Waals surface area (Å²) in [7, 11) is -3.73. The van der Waals surface area contributed by atoms with Gasteiger partial charge in [0.25, 0.3) is 10.0 Å². The van der Waals surface area contributed by atoms with Gasteiger partial charge in [-0.3, -0.25) is 4.79 Å². The van der Waals surface area contributed by atoms with Crippen molar-refractivity contribution in [1.82, 2.24) is 4.83 Å². The summed E-state index contributed by atoms with van der Waals surface area (Å²) in [6.07, 6.45) is 1.48. The summed E-state index contributed by atoms with van der Waals surface area (Å²) < 4.78 is 24.1. The van der Waals surface area contributed by atoms with Gasteiger partial charge in [0.15, 0.2) is 0 Å². The highest BCUT2D eigenvalue weighted by Crippen LogP contribution is 2.15. The Balaban J connectivity index is 2.08. The first-order valence-corrected chi connectivity index (χ1v) is 8.71. The van der Waals surface area contributed by atoms with Crippen LogP contribution in [0.3, 0.4) is 0 Å². The molecular formula is C14H15N3O3S2. The molecule has 0 bridgehead atoms. The SMILES string of the molecule is CC(=O)Nc1ccc(S(=O)(=O)NN=Cc2sccc2C)cc1. The van der Waals surface area contributed by atoms with E-state index in [2.05, 4.69) is 15.2 Å². The third-order valence-corrected chi connectivity index (χ3v) is 4.93. The zero-order chi connectivity index (χ0) is 16.2. The number of sulfonamides is 1. The molecule has 6 nitrogen and oxygen atoms in total. The smallest absolute Gasteiger partial charge is 0.276 e. The number of nitrogens with zero attached hydrogens (tertiary/aromatic N) is 1. The fourth-order valence-electron chi connectivity index (χ4n) is 1.64. The molecule has 0 spiro atoms. The van der Waals surface area contributed by atoms with Gasteiger partial charge < -0.3 is 5.32 Å². The van der Waals surface area contributed by atoms with Crippen LogP contribution >= 0.6 is 11.3 Å². The molecule has 22 heavy (non-hydrogen) atoms. The van der Waals surface area contributed by atoms with E-state index in [1.54, 1.807) is 0 Å². The minimum absolute atomic E-state index is 0.0710. The Kier molecular flexibility index (Phi) is 4.94. The number of carbonyl (C=O) groups is 1. The lowest BCUT2D eigenvalue weighted by Gasteiger charge is -2.05. The van der Waals surface area contributed by atoms with Crippen molar-refractivity contribution >= 4 is 39.2 Å². The van der Waals surface area contributed by atoms with Crippen molar-refractivity contribution in [3.8, 4) is 0 Å². The van der Waals surface area contributed by atoms with Gasteiger partial charge in [-0.1, -0.05) is 0 Å². The second-order valence-corrected chi connectivity index (χ2v) is 7.13. The predicted molar refractivity (Wildman–Crippen MR) is 87.7 cm³/mol. The van der Waals surface area contributed by atoms with Crippen molar-refractivity contribution in [2.75, 3.05) is 5.32 Å². The van der Waals surface area contributed by atoms with Crippen LogP contribution in [0.4, 0.5) is 5.69 Å². The molecule has 1 amide bonds. The van der Waals surface area contributed by atoms with Gasteiger partial charge in [0.1, 0.15) is 0 Å². The van der Waals surface area contributed by atoms with Gasteiger partial charge in [-0.25, -0.2) is 4.83 Å². The highest BCUT2D eigenvalue weighted by Gasteiger charge is 2.12. The van der Waals surface area contributed by atoms with Gasteiger partial charge in [-0.15, -0.1) is 11.3 Å². The molecule has 0 aliphatic heterocycles. The second kappa shape index (κ2) is 6.71. The zero-order valence-electron chi connectivity index (χ0n) is 12.0. The van der Waals surface area contributed by atoms with Crippen LogP contribution in [0.2, 0.25) is 0 Å². The number of hydrogen-bond donors (Lipinski definition) is 2. The lowest BCUT2D eigenvalue weighted by Crippen LogP contribution is -2.18. The average molecular weight is 337 g/mol. The summed E-state index contributed by atoms with van der Waals surface area (Å²) in [5.41, 5.74) is 1.57. The van der Waals surface area contributed by atoms with E-state index in [9.17, 15) is 13.2 Å². The lowest BCUT2D eigenvalue weighted by molar-refractivity contribution is -0.114. The molecule has 0 aliphatic carbocycles. The number of benzene rings is 1. The molecule has 1 heterocycles. The fourth-order valence-corrected chi connectivity index (χ4v) is 3.22. The molecule has 8 heteroatoms. The van der Waals surface area contributed by atoms with Crippen molar-refractivity contribution in [2.45, 2.75) is 18.7 Å². The normalized spacial score (nSPS) is 11.5. The van der Waals surface area contributed by atoms with Crippen LogP contribution in [0.5, 0.6) is 0 Å². The molecule has 2 rings (SSSR count). The summed E-state index contributed by atoms with van der Waals surface area (Å²) in [6, 6.07) is 7.77. The van der Waals surface area contributed by atoms with E-state index in [1.807, 2.05) is 18.4 Å². The molecule has 116 valence electrons. The van der Waals surface area contributed by atoms with Crippen molar-refractivity contribution in [3.05, 3.63) is 46.2 Å². The molecule has 2 aromatic rings. The first-order chi connectivity index (χ1) is 10.4. The molecule has 1 aromatic heterocycles. The van der Waals surface area contributed by atoms with Gasteiger partial charge in [0.05, 0.1) is 16.0 Å². The Labute approximate surface area is 132 Å². The van der Waals surface area contributed by atoms with Crippen molar-refractivity contribution in [3.63, 3.8) is 0 Å². The predicted octanol–water partition coefficient (Wildman–Crippen LogP) is 2.33. The van der Waals surface area contributed by atoms with Gasteiger partial charge >= 0.3 is 0 Å². The largest absolute Gasteiger partial charge is 0.326 e. The maximum atomic E-state index is 12.1. The number of nitrogens with one attached hydrogen (secondary N) is 2. The number of hydrogen-bond acceptors (Lipinski definition) is 5. The maximum Gasteiger partial charge on any atom is 0.276 e. The minimum atomic E-state index is -3.73. The number of hydrazone groups is 1. The molecular weight excluding hydrogens is 322 g/mol. The number of anilines is 1. The Morgan fingerprint density at radius 3 is 2.45 bits per heavy atom. The van der Waals surface area contributed by atoms with Gasteiger partial charge in [-0.05, 0) is 48.2 Å². The standard InChI is InChI=1S/C14H15N3O3S2/c1-10-7-8-21-14(10)9-15-17-22(19,20)13-5-3-12(4-6-13)16-11(2)18/h3-9,17H,1-2H3,(H,16,18). The number of aryl methyl sites for hydroxylation is 1. The van der Waals surface area contributed by atoms with Gasteiger partial charge in [-0.2, -0.15) is 13.5 Å². The molecule has 0 radical (unpaired) electrons. The van der Waals surface area contributed by atoms with Crippen LogP contribution in [-0.4, -0.2) is 20.5 Å². The van der Waals surface area contributed by atoms with E-state index >= 15 is 0 Å². The highest BCUT2D eigenvalue weighted by molar-refractivity contribution is 7.89. The quantitative estimate of drug-likeness (QED) is 0.648. The minimum Gasteiger partial charge on any atom is -0.326 e. The Morgan fingerprint density at radius 2 is 1.91 bits per heavy atom. The topological polar surface area (TPSA) is 87.6 Å². The van der Waals surface area contributed by atoms with Crippen LogP contribution in [0, 0.1) is 6.92 Å². The maximum absolute atomic E-state index is 12.1. The third kappa shape index (κ3) is 4.15. The summed E-state index contributed by atoms with van der Waals surface area (Å²) >= 11 is 1.48. The van der Waals surface area contributed by atoms with E-state index in [0.717, 1.165) is 10.4 Å².